The Morgan fingerprint density at radius 1 is 1.26 bits per heavy atom. The standard InChI is InChI=1S/C16H25N3O3.ClH/c1-4-14-6-9-19(10-7-14)12-15(20)18-16(21)17-8-5-11-22-13(2)3;/h6-7,9-10,13H,4-5,8,11-12H2,1-3H3,(H-,17,18,20,21);1H. The summed E-state index contributed by atoms with van der Waals surface area (Å²) in [7, 11) is 0. The van der Waals surface area contributed by atoms with E-state index < -0.39 is 6.03 Å². The van der Waals surface area contributed by atoms with Crippen LogP contribution in [0.1, 0.15) is 32.8 Å². The number of amides is 3. The minimum Gasteiger partial charge on any atom is -1.00 e. The minimum absolute atomic E-state index is 0. The molecule has 23 heavy (non-hydrogen) atoms. The second-order valence-electron chi connectivity index (χ2n) is 5.31. The van der Waals surface area contributed by atoms with Crippen molar-refractivity contribution in [2.45, 2.75) is 46.3 Å². The van der Waals surface area contributed by atoms with Crippen molar-refractivity contribution in [3.8, 4) is 0 Å². The van der Waals surface area contributed by atoms with Crippen LogP contribution in [0.2, 0.25) is 0 Å². The summed E-state index contributed by atoms with van der Waals surface area (Å²) >= 11 is 0. The van der Waals surface area contributed by atoms with Crippen molar-refractivity contribution in [2.75, 3.05) is 13.2 Å². The van der Waals surface area contributed by atoms with E-state index in [9.17, 15) is 9.59 Å². The highest BCUT2D eigenvalue weighted by atomic mass is 35.5. The number of hydrogen-bond acceptors (Lipinski definition) is 3. The number of carbonyl (C=O) groups is 2. The van der Waals surface area contributed by atoms with Gasteiger partial charge in [0.25, 0.3) is 5.91 Å². The van der Waals surface area contributed by atoms with Crippen molar-refractivity contribution in [3.63, 3.8) is 0 Å². The molecule has 130 valence electrons. The number of aryl methyl sites for hydroxylation is 1. The molecule has 0 radical (unpaired) electrons. The van der Waals surface area contributed by atoms with Crippen LogP contribution in [-0.4, -0.2) is 31.2 Å². The first kappa shape index (κ1) is 21.3. The third-order valence-corrected chi connectivity index (χ3v) is 3.01. The number of nitrogens with one attached hydrogen (secondary N) is 2. The van der Waals surface area contributed by atoms with E-state index >= 15 is 0 Å². The number of aromatic nitrogens is 1. The SMILES string of the molecule is CCc1cc[n+](CC(=O)NC(=O)NCCCOC(C)C)cc1.[Cl-]. The summed E-state index contributed by atoms with van der Waals surface area (Å²) in [5, 5.41) is 4.94. The Hall–Kier alpha value is -1.66. The van der Waals surface area contributed by atoms with Crippen LogP contribution in [0.5, 0.6) is 0 Å². The summed E-state index contributed by atoms with van der Waals surface area (Å²) in [6, 6.07) is 3.45. The number of ether oxygens (including phenoxy) is 1. The van der Waals surface area contributed by atoms with Crippen LogP contribution in [0.15, 0.2) is 24.5 Å². The van der Waals surface area contributed by atoms with Crippen LogP contribution < -0.4 is 27.6 Å². The number of rotatable bonds is 8. The second-order valence-corrected chi connectivity index (χ2v) is 5.31. The van der Waals surface area contributed by atoms with Crippen LogP contribution in [0.25, 0.3) is 0 Å². The maximum absolute atomic E-state index is 11.7. The quantitative estimate of drug-likeness (QED) is 0.431. The van der Waals surface area contributed by atoms with Crippen LogP contribution in [0.3, 0.4) is 0 Å². The van der Waals surface area contributed by atoms with Gasteiger partial charge in [-0.05, 0) is 32.3 Å². The van der Waals surface area contributed by atoms with Gasteiger partial charge in [0.2, 0.25) is 6.54 Å². The van der Waals surface area contributed by atoms with Gasteiger partial charge in [-0.1, -0.05) is 6.92 Å². The predicted molar refractivity (Wildman–Crippen MR) is 83.3 cm³/mol. The van der Waals surface area contributed by atoms with Gasteiger partial charge in [0.05, 0.1) is 6.10 Å². The normalized spacial score (nSPS) is 10.1. The fraction of sp³-hybridized carbons (Fsp3) is 0.562. The first-order valence-electron chi connectivity index (χ1n) is 7.68. The van der Waals surface area contributed by atoms with Crippen LogP contribution in [0.4, 0.5) is 4.79 Å². The number of hydrogen-bond donors (Lipinski definition) is 2. The molecule has 2 N–H and O–H groups in total. The maximum atomic E-state index is 11.7. The van der Waals surface area contributed by atoms with E-state index in [1.165, 1.54) is 5.56 Å². The van der Waals surface area contributed by atoms with Gasteiger partial charge >= 0.3 is 6.03 Å². The molecule has 0 aliphatic rings. The maximum Gasteiger partial charge on any atom is 0.321 e. The predicted octanol–water partition coefficient (Wildman–Crippen LogP) is -1.82. The highest BCUT2D eigenvalue weighted by Crippen LogP contribution is 1.94. The zero-order chi connectivity index (χ0) is 16.4. The molecule has 0 unspecified atom stereocenters. The Balaban J connectivity index is 0.00000484. The first-order chi connectivity index (χ1) is 10.5. The Kier molecular flexibility index (Phi) is 11.0. The number of imide groups is 1. The molecule has 0 bridgehead atoms. The number of nitrogens with zero attached hydrogens (tertiary/aromatic N) is 1. The Labute approximate surface area is 144 Å². The summed E-state index contributed by atoms with van der Waals surface area (Å²) < 4.78 is 7.09. The third kappa shape index (κ3) is 9.86. The van der Waals surface area contributed by atoms with E-state index in [-0.39, 0.29) is 31.0 Å². The molecule has 0 spiro atoms. The highest BCUT2D eigenvalue weighted by molar-refractivity contribution is 5.93. The topological polar surface area (TPSA) is 71.3 Å². The Bertz CT molecular complexity index is 478. The average Bonchev–Trinajstić information content (AvgIpc) is 2.47. The number of pyridine rings is 1. The third-order valence-electron chi connectivity index (χ3n) is 3.01. The molecule has 0 aliphatic carbocycles. The van der Waals surface area contributed by atoms with E-state index in [1.54, 1.807) is 4.57 Å². The summed E-state index contributed by atoms with van der Waals surface area (Å²) in [6.45, 7) is 7.18. The molecule has 1 heterocycles. The number of halogens is 1. The van der Waals surface area contributed by atoms with Gasteiger partial charge in [-0.3, -0.25) is 10.1 Å². The van der Waals surface area contributed by atoms with Gasteiger partial charge in [0, 0.05) is 25.3 Å². The molecular weight excluding hydrogens is 318 g/mol. The molecule has 0 fully saturated rings. The van der Waals surface area contributed by atoms with Crippen molar-refractivity contribution in [2.24, 2.45) is 0 Å². The van der Waals surface area contributed by atoms with Crippen LogP contribution in [-0.2, 0) is 22.5 Å². The molecule has 0 aromatic carbocycles. The van der Waals surface area contributed by atoms with Gasteiger partial charge < -0.3 is 22.5 Å². The minimum atomic E-state index is -0.472. The fourth-order valence-corrected chi connectivity index (χ4v) is 1.80. The molecular formula is C16H26ClN3O3. The fourth-order valence-electron chi connectivity index (χ4n) is 1.80. The second kappa shape index (κ2) is 11.8. The summed E-state index contributed by atoms with van der Waals surface area (Å²) in [5.74, 6) is -0.342. The molecule has 1 aromatic rings. The molecule has 6 nitrogen and oxygen atoms in total. The lowest BCUT2D eigenvalue weighted by atomic mass is 10.2. The van der Waals surface area contributed by atoms with Gasteiger partial charge in [-0.2, -0.15) is 4.57 Å². The lowest BCUT2D eigenvalue weighted by molar-refractivity contribution is -0.684. The van der Waals surface area contributed by atoms with Gasteiger partial charge in [-0.15, -0.1) is 0 Å². The lowest BCUT2D eigenvalue weighted by Gasteiger charge is -2.08. The lowest BCUT2D eigenvalue weighted by Crippen LogP contribution is -3.00. The largest absolute Gasteiger partial charge is 1.00 e. The molecule has 3 amide bonds. The first-order valence-corrected chi connectivity index (χ1v) is 7.68. The molecule has 0 saturated carbocycles. The monoisotopic (exact) mass is 343 g/mol. The number of urea groups is 1. The molecule has 0 saturated heterocycles. The van der Waals surface area contributed by atoms with E-state index in [0.29, 0.717) is 19.6 Å². The van der Waals surface area contributed by atoms with Crippen LogP contribution >= 0.6 is 0 Å². The van der Waals surface area contributed by atoms with E-state index in [4.69, 9.17) is 4.74 Å². The molecule has 0 aliphatic heterocycles. The van der Waals surface area contributed by atoms with Gasteiger partial charge in [0.15, 0.2) is 12.4 Å². The van der Waals surface area contributed by atoms with E-state index in [2.05, 4.69) is 17.6 Å². The smallest absolute Gasteiger partial charge is 0.321 e. The van der Waals surface area contributed by atoms with Gasteiger partial charge in [-0.25, -0.2) is 4.79 Å². The Morgan fingerprint density at radius 2 is 1.91 bits per heavy atom. The van der Waals surface area contributed by atoms with Crippen molar-refractivity contribution in [3.05, 3.63) is 30.1 Å². The van der Waals surface area contributed by atoms with Gasteiger partial charge in [0.1, 0.15) is 0 Å². The average molecular weight is 344 g/mol. The zero-order valence-corrected chi connectivity index (χ0v) is 14.7. The van der Waals surface area contributed by atoms with E-state index in [0.717, 1.165) is 6.42 Å². The molecule has 7 heteroatoms. The van der Waals surface area contributed by atoms with Crippen molar-refractivity contribution < 1.29 is 31.3 Å². The van der Waals surface area contributed by atoms with Crippen LogP contribution in [0, 0.1) is 0 Å². The summed E-state index contributed by atoms with van der Waals surface area (Å²) in [6.07, 6.45) is 5.52. The van der Waals surface area contributed by atoms with Crippen molar-refractivity contribution in [1.82, 2.24) is 10.6 Å². The Morgan fingerprint density at radius 3 is 2.48 bits per heavy atom. The van der Waals surface area contributed by atoms with E-state index in [1.807, 2.05) is 38.4 Å². The summed E-state index contributed by atoms with van der Waals surface area (Å²) in [4.78, 5) is 23.3. The summed E-state index contributed by atoms with van der Waals surface area (Å²) in [5.41, 5.74) is 1.21. The zero-order valence-electron chi connectivity index (χ0n) is 14.0. The highest BCUT2D eigenvalue weighted by Gasteiger charge is 2.12. The number of carbonyl (C=O) groups excluding carboxylic acids is 2. The molecule has 1 aromatic heterocycles. The van der Waals surface area contributed by atoms with Crippen molar-refractivity contribution in [1.29, 1.82) is 0 Å². The molecule has 0 atom stereocenters. The molecule has 1 rings (SSSR count). The van der Waals surface area contributed by atoms with Crippen molar-refractivity contribution >= 4 is 11.9 Å².